The minimum Gasteiger partial charge on any atom is -0.398 e. The van der Waals surface area contributed by atoms with Crippen LogP contribution < -0.4 is 20.9 Å². The van der Waals surface area contributed by atoms with Gasteiger partial charge in [-0.05, 0) is 43.3 Å². The molecule has 1 aliphatic heterocycles. The van der Waals surface area contributed by atoms with Gasteiger partial charge in [-0.3, -0.25) is 14.9 Å². The highest BCUT2D eigenvalue weighted by molar-refractivity contribution is 6.00. The molecule has 2 heterocycles. The number of piperazine rings is 1. The first kappa shape index (κ1) is 29.4. The van der Waals surface area contributed by atoms with Crippen LogP contribution in [0.5, 0.6) is 0 Å². The minimum atomic E-state index is -2.01. The third-order valence-electron chi connectivity index (χ3n) is 7.68. The van der Waals surface area contributed by atoms with Gasteiger partial charge in [0.05, 0.1) is 23.1 Å². The standard InChI is InChI=1S/C29H30F2N8O4/c1-19(29(41,16-38-18-33-17-34-38)25-9-2-20(30)14-26(25)31)35-28(40)24-8-7-23(15-27(24)32)37-12-10-36(11-13-37)21-3-5-22(6-4-21)39(42)43/h2-9,14-15,17-19,41H,10-13,16,32H2,1H3,(H,35,40)/t19-,29-/m1/s1. The maximum absolute atomic E-state index is 14.8. The van der Waals surface area contributed by atoms with Crippen LogP contribution in [0.1, 0.15) is 22.8 Å². The van der Waals surface area contributed by atoms with Gasteiger partial charge in [-0.2, -0.15) is 5.10 Å². The van der Waals surface area contributed by atoms with Crippen molar-refractivity contribution in [2.75, 3.05) is 41.7 Å². The van der Waals surface area contributed by atoms with Crippen LogP contribution in [0, 0.1) is 21.7 Å². The maximum atomic E-state index is 14.8. The third kappa shape index (κ3) is 6.23. The summed E-state index contributed by atoms with van der Waals surface area (Å²) in [5, 5.41) is 29.3. The quantitative estimate of drug-likeness (QED) is 0.151. The van der Waals surface area contributed by atoms with E-state index in [1.165, 1.54) is 36.4 Å². The molecule has 0 unspecified atom stereocenters. The van der Waals surface area contributed by atoms with E-state index in [4.69, 9.17) is 5.73 Å². The molecule has 0 aliphatic carbocycles. The Labute approximate surface area is 245 Å². The van der Waals surface area contributed by atoms with Crippen LogP contribution in [0.2, 0.25) is 0 Å². The van der Waals surface area contributed by atoms with E-state index in [-0.39, 0.29) is 29.0 Å². The molecule has 0 saturated carbocycles. The SMILES string of the molecule is C[C@@H](NC(=O)c1ccc(N2CCN(c3ccc([N+](=O)[O-])cc3)CC2)cc1N)[C@](O)(Cn1cncn1)c1ccc(F)cc1F. The smallest absolute Gasteiger partial charge is 0.269 e. The van der Waals surface area contributed by atoms with Gasteiger partial charge in [0.1, 0.15) is 29.9 Å². The second-order valence-electron chi connectivity index (χ2n) is 10.4. The van der Waals surface area contributed by atoms with Crippen LogP contribution in [-0.2, 0) is 12.1 Å². The van der Waals surface area contributed by atoms with E-state index >= 15 is 0 Å². The monoisotopic (exact) mass is 592 g/mol. The number of aliphatic hydroxyl groups is 1. The zero-order chi connectivity index (χ0) is 30.7. The summed E-state index contributed by atoms with van der Waals surface area (Å²) in [6, 6.07) is 13.3. The minimum absolute atomic E-state index is 0.0406. The summed E-state index contributed by atoms with van der Waals surface area (Å²) in [5.74, 6) is -2.36. The van der Waals surface area contributed by atoms with Crippen molar-refractivity contribution in [3.05, 3.63) is 106 Å². The molecule has 1 saturated heterocycles. The number of nitrogens with one attached hydrogen (secondary N) is 1. The Morgan fingerprint density at radius 3 is 2.30 bits per heavy atom. The molecule has 5 rings (SSSR count). The summed E-state index contributed by atoms with van der Waals surface area (Å²) in [5.41, 5.74) is 6.21. The number of hydrogen-bond donors (Lipinski definition) is 3. The number of hydrogen-bond acceptors (Lipinski definition) is 9. The van der Waals surface area contributed by atoms with Crippen LogP contribution in [0.15, 0.2) is 73.3 Å². The second-order valence-corrected chi connectivity index (χ2v) is 10.4. The molecule has 3 aromatic carbocycles. The molecule has 1 fully saturated rings. The number of nitro groups is 1. The van der Waals surface area contributed by atoms with Gasteiger partial charge in [-0.15, -0.1) is 0 Å². The van der Waals surface area contributed by atoms with E-state index < -0.39 is 34.1 Å². The van der Waals surface area contributed by atoms with Crippen molar-refractivity contribution in [1.29, 1.82) is 0 Å². The summed E-state index contributed by atoms with van der Waals surface area (Å²) in [6.07, 6.45) is 2.59. The fourth-order valence-electron chi connectivity index (χ4n) is 5.21. The highest BCUT2D eigenvalue weighted by Crippen LogP contribution is 2.31. The number of carbonyl (C=O) groups excluding carboxylic acids is 1. The second kappa shape index (κ2) is 12.0. The predicted octanol–water partition coefficient (Wildman–Crippen LogP) is 3.08. The van der Waals surface area contributed by atoms with Crippen molar-refractivity contribution in [1.82, 2.24) is 20.1 Å². The molecular weight excluding hydrogens is 562 g/mol. The van der Waals surface area contributed by atoms with Crippen molar-refractivity contribution in [3.8, 4) is 0 Å². The Kier molecular flexibility index (Phi) is 8.21. The van der Waals surface area contributed by atoms with E-state index in [1.54, 1.807) is 30.3 Å². The van der Waals surface area contributed by atoms with E-state index in [0.29, 0.717) is 32.2 Å². The molecule has 12 nitrogen and oxygen atoms in total. The summed E-state index contributed by atoms with van der Waals surface area (Å²) in [7, 11) is 0. The molecule has 1 aromatic heterocycles. The molecule has 4 aromatic rings. The number of aromatic nitrogens is 3. The highest BCUT2D eigenvalue weighted by Gasteiger charge is 2.40. The Hall–Kier alpha value is -5.11. The van der Waals surface area contributed by atoms with Crippen LogP contribution in [-0.4, -0.2) is 62.9 Å². The van der Waals surface area contributed by atoms with Crippen LogP contribution in [0.3, 0.4) is 0 Å². The average Bonchev–Trinajstić information content (AvgIpc) is 3.49. The first-order valence-corrected chi connectivity index (χ1v) is 13.5. The Bertz CT molecular complexity index is 1610. The average molecular weight is 593 g/mol. The van der Waals surface area contributed by atoms with Crippen molar-refractivity contribution in [3.63, 3.8) is 0 Å². The maximum Gasteiger partial charge on any atom is 0.269 e. The summed E-state index contributed by atoms with van der Waals surface area (Å²) < 4.78 is 29.8. The van der Waals surface area contributed by atoms with Gasteiger partial charge in [0.15, 0.2) is 0 Å². The molecular formula is C29H30F2N8O4. The highest BCUT2D eigenvalue weighted by atomic mass is 19.1. The van der Waals surface area contributed by atoms with E-state index in [2.05, 4.69) is 25.2 Å². The summed E-state index contributed by atoms with van der Waals surface area (Å²) >= 11 is 0. The number of rotatable bonds is 9. The lowest BCUT2D eigenvalue weighted by Crippen LogP contribution is -2.52. The Morgan fingerprint density at radius 1 is 1.07 bits per heavy atom. The zero-order valence-electron chi connectivity index (χ0n) is 23.2. The van der Waals surface area contributed by atoms with Gasteiger partial charge in [-0.1, -0.05) is 6.07 Å². The molecule has 2 atom stereocenters. The normalized spacial score (nSPS) is 15.5. The summed E-state index contributed by atoms with van der Waals surface area (Å²) in [6.45, 7) is 3.93. The van der Waals surface area contributed by atoms with E-state index in [1.807, 2.05) is 0 Å². The number of amides is 1. The van der Waals surface area contributed by atoms with Gasteiger partial charge in [-0.25, -0.2) is 18.4 Å². The van der Waals surface area contributed by atoms with Crippen LogP contribution >= 0.6 is 0 Å². The number of nitro benzene ring substituents is 1. The molecule has 0 radical (unpaired) electrons. The number of nitrogen functional groups attached to an aromatic ring is 1. The number of carbonyl (C=O) groups is 1. The number of nitrogens with zero attached hydrogens (tertiary/aromatic N) is 6. The molecule has 0 spiro atoms. The van der Waals surface area contributed by atoms with Gasteiger partial charge in [0.2, 0.25) is 0 Å². The molecule has 4 N–H and O–H groups in total. The van der Waals surface area contributed by atoms with E-state index in [0.717, 1.165) is 23.5 Å². The van der Waals surface area contributed by atoms with Crippen molar-refractivity contribution < 1.29 is 23.6 Å². The first-order valence-electron chi connectivity index (χ1n) is 13.5. The lowest BCUT2D eigenvalue weighted by Gasteiger charge is -2.37. The molecule has 43 heavy (non-hydrogen) atoms. The largest absolute Gasteiger partial charge is 0.398 e. The van der Waals surface area contributed by atoms with Gasteiger partial charge >= 0.3 is 0 Å². The molecule has 0 bridgehead atoms. The number of nitrogens with two attached hydrogens (primary N) is 1. The summed E-state index contributed by atoms with van der Waals surface area (Å²) in [4.78, 5) is 31.9. The Morgan fingerprint density at radius 2 is 1.72 bits per heavy atom. The number of non-ortho nitro benzene ring substituents is 1. The number of anilines is 3. The fraction of sp³-hybridized carbons (Fsp3) is 0.276. The Balaban J connectivity index is 1.27. The van der Waals surface area contributed by atoms with Gasteiger partial charge < -0.3 is 26.0 Å². The fourth-order valence-corrected chi connectivity index (χ4v) is 5.21. The molecule has 224 valence electrons. The van der Waals surface area contributed by atoms with Gasteiger partial charge in [0, 0.05) is 67.0 Å². The van der Waals surface area contributed by atoms with Gasteiger partial charge in [0.25, 0.3) is 11.6 Å². The lowest BCUT2D eigenvalue weighted by atomic mass is 9.86. The first-order chi connectivity index (χ1) is 20.5. The third-order valence-corrected chi connectivity index (χ3v) is 7.68. The molecule has 1 aliphatic rings. The van der Waals surface area contributed by atoms with E-state index in [9.17, 15) is 28.8 Å². The van der Waals surface area contributed by atoms with Crippen molar-refractivity contribution in [2.45, 2.75) is 25.1 Å². The number of benzene rings is 3. The van der Waals surface area contributed by atoms with Crippen LogP contribution in [0.4, 0.5) is 31.5 Å². The predicted molar refractivity (Wildman–Crippen MR) is 156 cm³/mol. The van der Waals surface area contributed by atoms with Crippen molar-refractivity contribution >= 4 is 28.7 Å². The zero-order valence-corrected chi connectivity index (χ0v) is 23.2. The van der Waals surface area contributed by atoms with Crippen molar-refractivity contribution in [2.24, 2.45) is 0 Å². The molecule has 14 heteroatoms. The number of halogens is 2. The topological polar surface area (TPSA) is 156 Å². The van der Waals surface area contributed by atoms with Crippen LogP contribution in [0.25, 0.3) is 0 Å². The molecule has 1 amide bonds. The lowest BCUT2D eigenvalue weighted by molar-refractivity contribution is -0.384.